The largest absolute Gasteiger partial charge is 0.477 e. The average molecular weight is 344 g/mol. The summed E-state index contributed by atoms with van der Waals surface area (Å²) in [6, 6.07) is 7.45. The fraction of sp³-hybridized carbons (Fsp3) is 0.600. The molecule has 1 aromatic rings. The molecule has 25 heavy (non-hydrogen) atoms. The van der Waals surface area contributed by atoms with Gasteiger partial charge in [0.25, 0.3) is 5.91 Å². The molecule has 0 bridgehead atoms. The highest BCUT2D eigenvalue weighted by Gasteiger charge is 2.33. The van der Waals surface area contributed by atoms with E-state index < -0.39 is 6.10 Å². The summed E-state index contributed by atoms with van der Waals surface area (Å²) in [4.78, 5) is 26.5. The van der Waals surface area contributed by atoms with Gasteiger partial charge >= 0.3 is 0 Å². The van der Waals surface area contributed by atoms with Crippen LogP contribution in [0.1, 0.15) is 51.4 Å². The summed E-state index contributed by atoms with van der Waals surface area (Å²) in [6.07, 6.45) is 8.60. The summed E-state index contributed by atoms with van der Waals surface area (Å²) in [5.41, 5.74) is 0.769. The summed E-state index contributed by atoms with van der Waals surface area (Å²) >= 11 is 0. The predicted octanol–water partition coefficient (Wildman–Crippen LogP) is 3.28. The zero-order valence-electron chi connectivity index (χ0n) is 15.0. The van der Waals surface area contributed by atoms with Gasteiger partial charge in [-0.25, -0.2) is 0 Å². The van der Waals surface area contributed by atoms with Crippen LogP contribution in [0.15, 0.2) is 24.3 Å². The van der Waals surface area contributed by atoms with Crippen molar-refractivity contribution >= 4 is 17.5 Å². The lowest BCUT2D eigenvalue weighted by molar-refractivity contribution is -0.127. The minimum Gasteiger partial charge on any atom is -0.477 e. The summed E-state index contributed by atoms with van der Waals surface area (Å²) in [7, 11) is 1.59. The normalized spacial score (nSPS) is 20.5. The smallest absolute Gasteiger partial charge is 0.262 e. The molecule has 0 saturated heterocycles. The molecule has 136 valence electrons. The molecule has 1 saturated carbocycles. The Morgan fingerprint density at radius 3 is 2.72 bits per heavy atom. The molecule has 0 aromatic heterocycles. The molecule has 1 aliphatic carbocycles. The Morgan fingerprint density at radius 2 is 1.96 bits per heavy atom. The van der Waals surface area contributed by atoms with Crippen molar-refractivity contribution in [2.75, 3.05) is 18.5 Å². The molecule has 2 aliphatic rings. The molecular weight excluding hydrogens is 316 g/mol. The Morgan fingerprint density at radius 1 is 1.20 bits per heavy atom. The maximum Gasteiger partial charge on any atom is 0.262 e. The van der Waals surface area contributed by atoms with Gasteiger partial charge in [-0.3, -0.25) is 9.59 Å². The van der Waals surface area contributed by atoms with Gasteiger partial charge in [-0.15, -0.1) is 0 Å². The lowest BCUT2D eigenvalue weighted by Crippen LogP contribution is -2.50. The van der Waals surface area contributed by atoms with E-state index in [9.17, 15) is 9.59 Å². The first kappa shape index (κ1) is 17.8. The molecule has 1 aliphatic heterocycles. The van der Waals surface area contributed by atoms with E-state index in [2.05, 4.69) is 5.32 Å². The Kier molecular flexibility index (Phi) is 5.95. The zero-order chi connectivity index (χ0) is 17.6. The van der Waals surface area contributed by atoms with Gasteiger partial charge in [0.1, 0.15) is 5.75 Å². The minimum atomic E-state index is -0.651. The quantitative estimate of drug-likeness (QED) is 0.892. The number of amides is 2. The van der Waals surface area contributed by atoms with E-state index in [0.29, 0.717) is 12.2 Å². The number of carbonyl (C=O) groups excluding carboxylic acids is 2. The summed E-state index contributed by atoms with van der Waals surface area (Å²) in [5.74, 6) is 1.27. The molecule has 1 heterocycles. The number of benzene rings is 1. The molecular formula is C20H28N2O3. The van der Waals surface area contributed by atoms with Gasteiger partial charge in [0.05, 0.1) is 12.2 Å². The molecule has 2 amide bonds. The standard InChI is InChI=1S/C20H28N2O3/c1-21-20(24)18-14-22(16-11-5-6-12-17(16)25-18)19(23)13-7-10-15-8-3-2-4-9-15/h5-6,11-12,15,18H,2-4,7-10,13-14H2,1H3,(H,21,24)/t18-/m1/s1. The van der Waals surface area contributed by atoms with Crippen molar-refractivity contribution in [2.24, 2.45) is 5.92 Å². The number of anilines is 1. The van der Waals surface area contributed by atoms with Crippen LogP contribution in [-0.2, 0) is 9.59 Å². The van der Waals surface area contributed by atoms with E-state index in [4.69, 9.17) is 4.74 Å². The van der Waals surface area contributed by atoms with Gasteiger partial charge in [0, 0.05) is 13.5 Å². The second kappa shape index (κ2) is 8.37. The predicted molar refractivity (Wildman–Crippen MR) is 97.7 cm³/mol. The van der Waals surface area contributed by atoms with E-state index in [-0.39, 0.29) is 18.4 Å². The molecule has 5 nitrogen and oxygen atoms in total. The Balaban J connectivity index is 1.62. The number of fused-ring (bicyclic) bond motifs is 1. The van der Waals surface area contributed by atoms with Crippen molar-refractivity contribution < 1.29 is 14.3 Å². The zero-order valence-corrected chi connectivity index (χ0v) is 15.0. The summed E-state index contributed by atoms with van der Waals surface area (Å²) in [5, 5.41) is 2.61. The van der Waals surface area contributed by atoms with Crippen LogP contribution in [0.3, 0.4) is 0 Å². The Bertz CT molecular complexity index is 611. The molecule has 3 rings (SSSR count). The number of para-hydroxylation sites is 2. The van der Waals surface area contributed by atoms with Gasteiger partial charge in [0.15, 0.2) is 6.10 Å². The first-order valence-electron chi connectivity index (χ1n) is 9.46. The Labute approximate surface area is 149 Å². The molecule has 0 spiro atoms. The monoisotopic (exact) mass is 344 g/mol. The second-order valence-corrected chi connectivity index (χ2v) is 7.09. The highest BCUT2D eigenvalue weighted by molar-refractivity contribution is 5.97. The van der Waals surface area contributed by atoms with E-state index in [1.165, 1.54) is 32.1 Å². The fourth-order valence-corrected chi connectivity index (χ4v) is 3.92. The third-order valence-corrected chi connectivity index (χ3v) is 5.34. The van der Waals surface area contributed by atoms with Crippen molar-refractivity contribution in [3.05, 3.63) is 24.3 Å². The van der Waals surface area contributed by atoms with Gasteiger partial charge in [0.2, 0.25) is 5.91 Å². The van der Waals surface area contributed by atoms with Crippen molar-refractivity contribution in [3.8, 4) is 5.75 Å². The number of rotatable bonds is 5. The first-order chi connectivity index (χ1) is 12.2. The first-order valence-corrected chi connectivity index (χ1v) is 9.46. The lowest BCUT2D eigenvalue weighted by Gasteiger charge is -2.34. The molecule has 1 fully saturated rings. The second-order valence-electron chi connectivity index (χ2n) is 7.09. The van der Waals surface area contributed by atoms with Crippen LogP contribution < -0.4 is 15.0 Å². The van der Waals surface area contributed by atoms with E-state index in [1.807, 2.05) is 24.3 Å². The maximum atomic E-state index is 12.8. The topological polar surface area (TPSA) is 58.6 Å². The van der Waals surface area contributed by atoms with Crippen LogP contribution in [0.4, 0.5) is 5.69 Å². The molecule has 1 N–H and O–H groups in total. The van der Waals surface area contributed by atoms with E-state index in [1.54, 1.807) is 11.9 Å². The number of hydrogen-bond acceptors (Lipinski definition) is 3. The third kappa shape index (κ3) is 4.33. The molecule has 5 heteroatoms. The number of hydrogen-bond donors (Lipinski definition) is 1. The highest BCUT2D eigenvalue weighted by Crippen LogP contribution is 2.34. The van der Waals surface area contributed by atoms with Crippen LogP contribution in [0.2, 0.25) is 0 Å². The number of likely N-dealkylation sites (N-methyl/N-ethyl adjacent to an activating group) is 1. The molecule has 1 atom stereocenters. The molecule has 0 unspecified atom stereocenters. The highest BCUT2D eigenvalue weighted by atomic mass is 16.5. The van der Waals surface area contributed by atoms with Crippen LogP contribution >= 0.6 is 0 Å². The lowest BCUT2D eigenvalue weighted by atomic mass is 9.86. The Hall–Kier alpha value is -2.04. The summed E-state index contributed by atoms with van der Waals surface area (Å²) in [6.45, 7) is 0.277. The SMILES string of the molecule is CNC(=O)[C@H]1CN(C(=O)CCCC2CCCCC2)c2ccccc2O1. The van der Waals surface area contributed by atoms with Crippen LogP contribution in [-0.4, -0.2) is 31.5 Å². The number of carbonyl (C=O) groups is 2. The van der Waals surface area contributed by atoms with Crippen molar-refractivity contribution in [1.82, 2.24) is 5.32 Å². The van der Waals surface area contributed by atoms with Gasteiger partial charge in [-0.1, -0.05) is 44.2 Å². The summed E-state index contributed by atoms with van der Waals surface area (Å²) < 4.78 is 5.76. The number of nitrogens with zero attached hydrogens (tertiary/aromatic N) is 1. The molecule has 0 radical (unpaired) electrons. The van der Waals surface area contributed by atoms with Crippen LogP contribution in [0, 0.1) is 5.92 Å². The van der Waals surface area contributed by atoms with E-state index >= 15 is 0 Å². The van der Waals surface area contributed by atoms with Crippen LogP contribution in [0.5, 0.6) is 5.75 Å². The molecule has 1 aromatic carbocycles. The van der Waals surface area contributed by atoms with Crippen molar-refractivity contribution in [3.63, 3.8) is 0 Å². The average Bonchev–Trinajstić information content (AvgIpc) is 2.67. The number of nitrogens with one attached hydrogen (secondary N) is 1. The van der Waals surface area contributed by atoms with Gasteiger partial charge in [-0.2, -0.15) is 0 Å². The van der Waals surface area contributed by atoms with Crippen molar-refractivity contribution in [2.45, 2.75) is 57.5 Å². The van der Waals surface area contributed by atoms with Crippen LogP contribution in [0.25, 0.3) is 0 Å². The van der Waals surface area contributed by atoms with Gasteiger partial charge in [-0.05, 0) is 30.9 Å². The van der Waals surface area contributed by atoms with Gasteiger partial charge < -0.3 is 15.0 Å². The maximum absolute atomic E-state index is 12.8. The van der Waals surface area contributed by atoms with E-state index in [0.717, 1.165) is 24.4 Å². The minimum absolute atomic E-state index is 0.0838. The van der Waals surface area contributed by atoms with Crippen molar-refractivity contribution in [1.29, 1.82) is 0 Å². The number of ether oxygens (including phenoxy) is 1. The fourth-order valence-electron chi connectivity index (χ4n) is 3.92. The third-order valence-electron chi connectivity index (χ3n) is 5.34.